The van der Waals surface area contributed by atoms with E-state index in [0.29, 0.717) is 24.3 Å². The Kier molecular flexibility index (Phi) is 5.97. The Hall–Kier alpha value is -1.60. The summed E-state index contributed by atoms with van der Waals surface area (Å²) in [7, 11) is -3.58. The van der Waals surface area contributed by atoms with Gasteiger partial charge in [0.25, 0.3) is 0 Å². The highest BCUT2D eigenvalue weighted by Crippen LogP contribution is 2.13. The number of benzene rings is 1. The van der Waals surface area contributed by atoms with Gasteiger partial charge >= 0.3 is 0 Å². The molecule has 0 atom stereocenters. The van der Waals surface area contributed by atoms with Crippen molar-refractivity contribution in [2.24, 2.45) is 0 Å². The number of carbonyl (C=O) groups excluding carboxylic acids is 1. The zero-order valence-corrected chi connectivity index (χ0v) is 12.6. The molecule has 0 aromatic heterocycles. The number of nitrogens with zero attached hydrogens (tertiary/aromatic N) is 1. The molecular formula is C13H21N3O3S. The predicted octanol–water partition coefficient (Wildman–Crippen LogP) is 0.557. The highest BCUT2D eigenvalue weighted by molar-refractivity contribution is 7.88. The second-order valence-electron chi connectivity index (χ2n) is 4.35. The summed E-state index contributed by atoms with van der Waals surface area (Å²) in [5, 5.41) is 0. The quantitative estimate of drug-likeness (QED) is 0.719. The van der Waals surface area contributed by atoms with Gasteiger partial charge in [-0.3, -0.25) is 4.79 Å². The summed E-state index contributed by atoms with van der Waals surface area (Å²) in [5.41, 5.74) is 6.66. The fraction of sp³-hybridized carbons (Fsp3) is 0.462. The van der Waals surface area contributed by atoms with Gasteiger partial charge in [-0.15, -0.1) is 0 Å². The number of nitrogen functional groups attached to an aromatic ring is 1. The molecule has 0 aliphatic heterocycles. The van der Waals surface area contributed by atoms with Crippen molar-refractivity contribution in [3.05, 3.63) is 29.8 Å². The molecule has 0 aliphatic carbocycles. The Morgan fingerprint density at radius 1 is 1.25 bits per heavy atom. The Bertz CT molecular complexity index is 554. The molecule has 1 amide bonds. The third kappa shape index (κ3) is 4.82. The number of carbonyl (C=O) groups is 1. The van der Waals surface area contributed by atoms with Crippen LogP contribution in [-0.2, 0) is 20.6 Å². The number of nitrogens with two attached hydrogens (primary N) is 1. The van der Waals surface area contributed by atoms with Crippen molar-refractivity contribution in [1.82, 2.24) is 9.62 Å². The highest BCUT2D eigenvalue weighted by atomic mass is 32.2. The summed E-state index contributed by atoms with van der Waals surface area (Å²) in [4.78, 5) is 13.3. The summed E-state index contributed by atoms with van der Waals surface area (Å²) >= 11 is 0. The number of amides is 1. The van der Waals surface area contributed by atoms with E-state index in [1.807, 2.05) is 13.8 Å². The molecule has 112 valence electrons. The van der Waals surface area contributed by atoms with E-state index in [9.17, 15) is 13.2 Å². The first-order valence-electron chi connectivity index (χ1n) is 6.48. The average molecular weight is 299 g/mol. The Balaban J connectivity index is 2.63. The van der Waals surface area contributed by atoms with Crippen molar-refractivity contribution in [1.29, 1.82) is 0 Å². The van der Waals surface area contributed by atoms with E-state index in [1.54, 1.807) is 29.2 Å². The molecule has 6 nitrogen and oxygen atoms in total. The second-order valence-corrected chi connectivity index (χ2v) is 6.15. The smallest absolute Gasteiger partial charge is 0.237 e. The fourth-order valence-electron chi connectivity index (χ4n) is 1.78. The van der Waals surface area contributed by atoms with Gasteiger partial charge in [0.1, 0.15) is 0 Å². The van der Waals surface area contributed by atoms with Gasteiger partial charge in [-0.2, -0.15) is 0 Å². The van der Waals surface area contributed by atoms with Gasteiger partial charge in [0.05, 0.1) is 12.3 Å². The summed E-state index contributed by atoms with van der Waals surface area (Å²) in [6.45, 7) is 4.59. The molecule has 0 bridgehead atoms. The van der Waals surface area contributed by atoms with E-state index in [-0.39, 0.29) is 18.2 Å². The first kappa shape index (κ1) is 16.5. The molecule has 0 fully saturated rings. The van der Waals surface area contributed by atoms with E-state index < -0.39 is 10.0 Å². The molecule has 3 N–H and O–H groups in total. The van der Waals surface area contributed by atoms with E-state index in [4.69, 9.17) is 5.73 Å². The summed E-state index contributed by atoms with van der Waals surface area (Å²) in [6.07, 6.45) is 0. The van der Waals surface area contributed by atoms with Gasteiger partial charge in [0.2, 0.25) is 15.9 Å². The van der Waals surface area contributed by atoms with Crippen molar-refractivity contribution in [2.75, 3.05) is 25.4 Å². The molecule has 0 saturated carbocycles. The number of sulfonamides is 1. The van der Waals surface area contributed by atoms with Crippen LogP contribution in [0.15, 0.2) is 24.3 Å². The Morgan fingerprint density at radius 3 is 2.40 bits per heavy atom. The van der Waals surface area contributed by atoms with Gasteiger partial charge in [0.15, 0.2) is 0 Å². The lowest BCUT2D eigenvalue weighted by atomic mass is 10.2. The third-order valence-corrected chi connectivity index (χ3v) is 4.24. The lowest BCUT2D eigenvalue weighted by Crippen LogP contribution is -2.40. The SMILES string of the molecule is CCN(CC)C(=O)CNS(=O)(=O)Cc1ccccc1N. The van der Waals surface area contributed by atoms with E-state index in [0.717, 1.165) is 0 Å². The average Bonchev–Trinajstić information content (AvgIpc) is 2.40. The molecule has 1 aromatic rings. The van der Waals surface area contributed by atoms with Crippen LogP contribution in [0.5, 0.6) is 0 Å². The molecule has 7 heteroatoms. The second kappa shape index (κ2) is 7.25. The van der Waals surface area contributed by atoms with Crippen molar-refractivity contribution in [3.63, 3.8) is 0 Å². The molecule has 0 spiro atoms. The normalized spacial score (nSPS) is 11.3. The van der Waals surface area contributed by atoms with Crippen LogP contribution in [0.2, 0.25) is 0 Å². The van der Waals surface area contributed by atoms with Gasteiger partial charge in [-0.05, 0) is 25.5 Å². The zero-order valence-electron chi connectivity index (χ0n) is 11.8. The summed E-state index contributed by atoms with van der Waals surface area (Å²) in [6, 6.07) is 6.76. The van der Waals surface area contributed by atoms with Crippen LogP contribution in [-0.4, -0.2) is 38.9 Å². The van der Waals surface area contributed by atoms with Crippen LogP contribution in [0.1, 0.15) is 19.4 Å². The maximum Gasteiger partial charge on any atom is 0.237 e. The van der Waals surface area contributed by atoms with Gasteiger partial charge in [-0.25, -0.2) is 13.1 Å². The van der Waals surface area contributed by atoms with Crippen LogP contribution < -0.4 is 10.5 Å². The summed E-state index contributed by atoms with van der Waals surface area (Å²) in [5.74, 6) is -0.467. The van der Waals surface area contributed by atoms with Crippen LogP contribution >= 0.6 is 0 Å². The molecule has 0 saturated heterocycles. The number of likely N-dealkylation sites (N-methyl/N-ethyl adjacent to an activating group) is 1. The number of hydrogen-bond acceptors (Lipinski definition) is 4. The van der Waals surface area contributed by atoms with Crippen molar-refractivity contribution in [2.45, 2.75) is 19.6 Å². The third-order valence-electron chi connectivity index (χ3n) is 2.96. The lowest BCUT2D eigenvalue weighted by Gasteiger charge is -2.18. The number of rotatable bonds is 7. The van der Waals surface area contributed by atoms with E-state index >= 15 is 0 Å². The van der Waals surface area contributed by atoms with Gasteiger partial charge in [-0.1, -0.05) is 18.2 Å². The maximum absolute atomic E-state index is 11.9. The molecule has 0 aliphatic rings. The molecule has 1 rings (SSSR count). The predicted molar refractivity (Wildman–Crippen MR) is 79.4 cm³/mol. The molecule has 0 heterocycles. The van der Waals surface area contributed by atoms with Gasteiger partial charge < -0.3 is 10.6 Å². The van der Waals surface area contributed by atoms with Crippen LogP contribution in [0.25, 0.3) is 0 Å². The largest absolute Gasteiger partial charge is 0.398 e. The number of para-hydroxylation sites is 1. The molecular weight excluding hydrogens is 278 g/mol. The Labute approximate surface area is 120 Å². The minimum atomic E-state index is -3.58. The van der Waals surface area contributed by atoms with Crippen molar-refractivity contribution >= 4 is 21.6 Å². The molecule has 1 aromatic carbocycles. The number of hydrogen-bond donors (Lipinski definition) is 2. The van der Waals surface area contributed by atoms with Crippen LogP contribution in [0, 0.1) is 0 Å². The first-order chi connectivity index (χ1) is 9.39. The standard InChI is InChI=1S/C13H21N3O3S/c1-3-16(4-2)13(17)9-15-20(18,19)10-11-7-5-6-8-12(11)14/h5-8,15H,3-4,9-10,14H2,1-2H3. The van der Waals surface area contributed by atoms with Gasteiger partial charge in [0, 0.05) is 18.8 Å². The molecule has 20 heavy (non-hydrogen) atoms. The van der Waals surface area contributed by atoms with E-state index in [1.165, 1.54) is 0 Å². The molecule has 0 unspecified atom stereocenters. The highest BCUT2D eigenvalue weighted by Gasteiger charge is 2.16. The minimum Gasteiger partial charge on any atom is -0.398 e. The zero-order chi connectivity index (χ0) is 15.2. The number of anilines is 1. The van der Waals surface area contributed by atoms with Crippen molar-refractivity contribution in [3.8, 4) is 0 Å². The fourth-order valence-corrected chi connectivity index (χ4v) is 2.90. The first-order valence-corrected chi connectivity index (χ1v) is 8.13. The van der Waals surface area contributed by atoms with E-state index in [2.05, 4.69) is 4.72 Å². The summed E-state index contributed by atoms with van der Waals surface area (Å²) < 4.78 is 26.1. The monoisotopic (exact) mass is 299 g/mol. The molecule has 0 radical (unpaired) electrons. The maximum atomic E-state index is 11.9. The van der Waals surface area contributed by atoms with Crippen molar-refractivity contribution < 1.29 is 13.2 Å². The van der Waals surface area contributed by atoms with Crippen LogP contribution in [0.3, 0.4) is 0 Å². The Morgan fingerprint density at radius 2 is 1.85 bits per heavy atom. The number of nitrogens with one attached hydrogen (secondary N) is 1. The van der Waals surface area contributed by atoms with Crippen LogP contribution in [0.4, 0.5) is 5.69 Å². The topological polar surface area (TPSA) is 92.5 Å². The lowest BCUT2D eigenvalue weighted by molar-refractivity contribution is -0.129. The minimum absolute atomic E-state index is 0.225.